The summed E-state index contributed by atoms with van der Waals surface area (Å²) in [5, 5.41) is 0. The molecular formula is C15H22N2O4S. The number of ether oxygens (including phenoxy) is 2. The molecule has 1 fully saturated rings. The van der Waals surface area contributed by atoms with Gasteiger partial charge in [-0.1, -0.05) is 0 Å². The van der Waals surface area contributed by atoms with Crippen molar-refractivity contribution < 1.29 is 17.9 Å². The van der Waals surface area contributed by atoms with Gasteiger partial charge in [0.1, 0.15) is 5.75 Å². The van der Waals surface area contributed by atoms with E-state index in [4.69, 9.17) is 15.2 Å². The zero-order chi connectivity index (χ0) is 15.6. The average molecular weight is 326 g/mol. The van der Waals surface area contributed by atoms with Crippen LogP contribution in [0.1, 0.15) is 24.8 Å². The molecule has 2 aliphatic heterocycles. The second-order valence-electron chi connectivity index (χ2n) is 5.92. The van der Waals surface area contributed by atoms with Crippen LogP contribution in [0.5, 0.6) is 5.75 Å². The molecule has 122 valence electrons. The first-order valence-corrected chi connectivity index (χ1v) is 9.11. The zero-order valence-corrected chi connectivity index (χ0v) is 13.3. The topological polar surface area (TPSA) is 90.7 Å². The third-order valence-corrected chi connectivity index (χ3v) is 5.96. The third-order valence-electron chi connectivity index (χ3n) is 4.38. The van der Waals surface area contributed by atoms with E-state index in [1.165, 1.54) is 0 Å². The quantitative estimate of drug-likeness (QED) is 0.854. The van der Waals surface area contributed by atoms with Gasteiger partial charge in [-0.25, -0.2) is 13.1 Å². The van der Waals surface area contributed by atoms with Crippen LogP contribution in [-0.2, 0) is 21.2 Å². The van der Waals surface area contributed by atoms with E-state index in [0.29, 0.717) is 32.7 Å². The fraction of sp³-hybridized carbons (Fsp3) is 0.600. The van der Waals surface area contributed by atoms with Crippen LogP contribution in [0, 0.1) is 0 Å². The normalized spacial score (nSPS) is 21.0. The molecule has 0 radical (unpaired) electrons. The van der Waals surface area contributed by atoms with Gasteiger partial charge >= 0.3 is 0 Å². The fourth-order valence-corrected chi connectivity index (χ4v) is 4.48. The minimum absolute atomic E-state index is 0.268. The number of fused-ring (bicyclic) bond motifs is 1. The lowest BCUT2D eigenvalue weighted by Gasteiger charge is -2.36. The Labute approximate surface area is 131 Å². The van der Waals surface area contributed by atoms with Crippen LogP contribution in [0.2, 0.25) is 0 Å². The number of rotatable bonds is 4. The molecule has 2 aliphatic rings. The Morgan fingerprint density at radius 3 is 2.73 bits per heavy atom. The number of nitrogens with two attached hydrogens (primary N) is 1. The average Bonchev–Trinajstić information content (AvgIpc) is 2.55. The van der Waals surface area contributed by atoms with Gasteiger partial charge in [0.05, 0.1) is 11.5 Å². The molecule has 3 N–H and O–H groups in total. The predicted molar refractivity (Wildman–Crippen MR) is 82.4 cm³/mol. The summed E-state index contributed by atoms with van der Waals surface area (Å²) in [5.74, 6) is 0.782. The van der Waals surface area contributed by atoms with Crippen LogP contribution < -0.4 is 15.2 Å². The van der Waals surface area contributed by atoms with Crippen LogP contribution >= 0.6 is 0 Å². The molecule has 0 atom stereocenters. The first-order chi connectivity index (χ1) is 10.5. The van der Waals surface area contributed by atoms with Crippen molar-refractivity contribution in [2.45, 2.75) is 36.1 Å². The first-order valence-electron chi connectivity index (χ1n) is 7.62. The van der Waals surface area contributed by atoms with E-state index < -0.39 is 15.6 Å². The first kappa shape index (κ1) is 15.7. The minimum atomic E-state index is -3.61. The van der Waals surface area contributed by atoms with Gasteiger partial charge in [-0.15, -0.1) is 0 Å². The maximum Gasteiger partial charge on any atom is 0.241 e. The molecule has 0 bridgehead atoms. The zero-order valence-electron chi connectivity index (χ0n) is 12.5. The van der Waals surface area contributed by atoms with Crippen LogP contribution in [-0.4, -0.2) is 40.3 Å². The Hall–Kier alpha value is -1.15. The molecule has 7 heteroatoms. The number of hydrogen-bond acceptors (Lipinski definition) is 5. The van der Waals surface area contributed by atoms with Crippen LogP contribution in [0.25, 0.3) is 0 Å². The Morgan fingerprint density at radius 2 is 2.00 bits per heavy atom. The summed E-state index contributed by atoms with van der Waals surface area (Å²) >= 11 is 0. The Bertz CT molecular complexity index is 639. The lowest BCUT2D eigenvalue weighted by atomic mass is 9.92. The lowest BCUT2D eigenvalue weighted by molar-refractivity contribution is 0.0502. The molecule has 0 unspecified atom stereocenters. The van der Waals surface area contributed by atoms with Gasteiger partial charge in [0.25, 0.3) is 0 Å². The van der Waals surface area contributed by atoms with E-state index in [0.717, 1.165) is 24.2 Å². The maximum atomic E-state index is 12.7. The Balaban J connectivity index is 1.86. The molecule has 0 aromatic heterocycles. The van der Waals surface area contributed by atoms with Crippen molar-refractivity contribution >= 4 is 10.0 Å². The summed E-state index contributed by atoms with van der Waals surface area (Å²) in [6.07, 6.45) is 2.94. The SMILES string of the molecule is NCC1(NS(=O)(=O)c2ccc3c(c2)CCCO3)CCOCC1. The predicted octanol–water partition coefficient (Wildman–Crippen LogP) is 0.798. The van der Waals surface area contributed by atoms with Gasteiger partial charge in [-0.2, -0.15) is 0 Å². The van der Waals surface area contributed by atoms with Crippen molar-refractivity contribution in [3.8, 4) is 5.75 Å². The molecular weight excluding hydrogens is 304 g/mol. The summed E-state index contributed by atoms with van der Waals surface area (Å²) in [4.78, 5) is 0.274. The Morgan fingerprint density at radius 1 is 1.23 bits per heavy atom. The highest BCUT2D eigenvalue weighted by molar-refractivity contribution is 7.89. The summed E-state index contributed by atoms with van der Waals surface area (Å²) in [6.45, 7) is 2.01. The van der Waals surface area contributed by atoms with Crippen molar-refractivity contribution in [1.29, 1.82) is 0 Å². The molecule has 2 heterocycles. The van der Waals surface area contributed by atoms with E-state index in [1.54, 1.807) is 18.2 Å². The smallest absolute Gasteiger partial charge is 0.241 e. The van der Waals surface area contributed by atoms with Gasteiger partial charge in [-0.3, -0.25) is 0 Å². The number of sulfonamides is 1. The van der Waals surface area contributed by atoms with Gasteiger partial charge < -0.3 is 15.2 Å². The molecule has 1 aromatic carbocycles. The van der Waals surface area contributed by atoms with Gasteiger partial charge in [-0.05, 0) is 49.4 Å². The lowest BCUT2D eigenvalue weighted by Crippen LogP contribution is -2.56. The van der Waals surface area contributed by atoms with Crippen LogP contribution in [0.15, 0.2) is 23.1 Å². The number of benzene rings is 1. The second-order valence-corrected chi connectivity index (χ2v) is 7.61. The molecule has 0 amide bonds. The van der Waals surface area contributed by atoms with E-state index in [1.807, 2.05) is 0 Å². The van der Waals surface area contributed by atoms with Gasteiger partial charge in [0, 0.05) is 25.3 Å². The van der Waals surface area contributed by atoms with E-state index in [2.05, 4.69) is 4.72 Å². The van der Waals surface area contributed by atoms with Gasteiger partial charge in [0.15, 0.2) is 0 Å². The molecule has 22 heavy (non-hydrogen) atoms. The number of aryl methyl sites for hydroxylation is 1. The van der Waals surface area contributed by atoms with Crippen LogP contribution in [0.3, 0.4) is 0 Å². The number of hydrogen-bond donors (Lipinski definition) is 2. The van der Waals surface area contributed by atoms with E-state index >= 15 is 0 Å². The van der Waals surface area contributed by atoms with E-state index in [-0.39, 0.29) is 11.4 Å². The Kier molecular flexibility index (Phi) is 4.40. The number of nitrogens with one attached hydrogen (secondary N) is 1. The highest BCUT2D eigenvalue weighted by atomic mass is 32.2. The van der Waals surface area contributed by atoms with Crippen molar-refractivity contribution in [3.05, 3.63) is 23.8 Å². The molecule has 0 saturated carbocycles. The van der Waals surface area contributed by atoms with Crippen molar-refractivity contribution in [2.24, 2.45) is 5.73 Å². The summed E-state index contributed by atoms with van der Waals surface area (Å²) in [7, 11) is -3.61. The fourth-order valence-electron chi connectivity index (χ4n) is 2.96. The standard InChI is InChI=1S/C15H22N2O4S/c16-11-15(5-8-20-9-6-15)17-22(18,19)13-3-4-14-12(10-13)2-1-7-21-14/h3-4,10,17H,1-2,5-9,11,16H2. The molecule has 0 aliphatic carbocycles. The monoisotopic (exact) mass is 326 g/mol. The van der Waals surface area contributed by atoms with Crippen molar-refractivity contribution in [2.75, 3.05) is 26.4 Å². The second kappa shape index (κ2) is 6.16. The molecule has 3 rings (SSSR count). The molecule has 1 saturated heterocycles. The van der Waals surface area contributed by atoms with Gasteiger partial charge in [0.2, 0.25) is 10.0 Å². The highest BCUT2D eigenvalue weighted by Gasteiger charge is 2.36. The molecule has 1 aromatic rings. The maximum absolute atomic E-state index is 12.7. The molecule has 0 spiro atoms. The summed E-state index contributed by atoms with van der Waals surface area (Å²) in [6, 6.07) is 5.04. The van der Waals surface area contributed by atoms with Crippen molar-refractivity contribution in [1.82, 2.24) is 4.72 Å². The minimum Gasteiger partial charge on any atom is -0.493 e. The summed E-state index contributed by atoms with van der Waals surface area (Å²) < 4.78 is 39.1. The summed E-state index contributed by atoms with van der Waals surface area (Å²) in [5.41, 5.74) is 6.17. The third kappa shape index (κ3) is 3.12. The molecule has 6 nitrogen and oxygen atoms in total. The van der Waals surface area contributed by atoms with Crippen molar-refractivity contribution in [3.63, 3.8) is 0 Å². The van der Waals surface area contributed by atoms with E-state index in [9.17, 15) is 8.42 Å². The van der Waals surface area contributed by atoms with Crippen LogP contribution in [0.4, 0.5) is 0 Å². The largest absolute Gasteiger partial charge is 0.493 e. The highest BCUT2D eigenvalue weighted by Crippen LogP contribution is 2.28.